The van der Waals surface area contributed by atoms with E-state index in [-0.39, 0.29) is 5.79 Å². The molecule has 0 aliphatic carbocycles. The lowest BCUT2D eigenvalue weighted by Gasteiger charge is -2.16. The molecule has 0 spiro atoms. The number of ether oxygens (including phenoxy) is 2. The standard InChI is InChI=1S/C7H14O2.C2H4O2/c1-4-6-5-8-7(2,3)9-6;1-2(3)4/h6H,4-5H2,1-3H3;1H3,(H,3,4). The molecule has 0 radical (unpaired) electrons. The molecule has 0 aromatic carbocycles. The third-order valence-electron chi connectivity index (χ3n) is 1.52. The molecule has 4 heteroatoms. The molecule has 0 amide bonds. The molecule has 1 rings (SSSR count). The zero-order valence-corrected chi connectivity index (χ0v) is 8.66. The molecule has 13 heavy (non-hydrogen) atoms. The Morgan fingerprint density at radius 2 is 2.08 bits per heavy atom. The van der Waals surface area contributed by atoms with E-state index in [4.69, 9.17) is 19.4 Å². The Morgan fingerprint density at radius 3 is 2.23 bits per heavy atom. The van der Waals surface area contributed by atoms with Gasteiger partial charge >= 0.3 is 0 Å². The van der Waals surface area contributed by atoms with Crippen molar-refractivity contribution in [3.63, 3.8) is 0 Å². The van der Waals surface area contributed by atoms with Crippen molar-refractivity contribution < 1.29 is 19.4 Å². The van der Waals surface area contributed by atoms with Crippen molar-refractivity contribution in [3.05, 3.63) is 0 Å². The second kappa shape index (κ2) is 5.19. The smallest absolute Gasteiger partial charge is 0.300 e. The van der Waals surface area contributed by atoms with Gasteiger partial charge in [0.15, 0.2) is 5.79 Å². The molecule has 1 unspecified atom stereocenters. The average molecular weight is 190 g/mol. The Morgan fingerprint density at radius 1 is 1.62 bits per heavy atom. The fourth-order valence-electron chi connectivity index (χ4n) is 0.964. The van der Waals surface area contributed by atoms with Gasteiger partial charge in [-0.15, -0.1) is 0 Å². The topological polar surface area (TPSA) is 55.8 Å². The van der Waals surface area contributed by atoms with Gasteiger partial charge in [-0.25, -0.2) is 0 Å². The van der Waals surface area contributed by atoms with E-state index in [9.17, 15) is 0 Å². The van der Waals surface area contributed by atoms with Crippen LogP contribution in [0.2, 0.25) is 0 Å². The molecule has 1 heterocycles. The minimum absolute atomic E-state index is 0.319. The van der Waals surface area contributed by atoms with Crippen molar-refractivity contribution in [1.29, 1.82) is 0 Å². The summed E-state index contributed by atoms with van der Waals surface area (Å²) in [4.78, 5) is 9.00. The Labute approximate surface area is 78.8 Å². The first-order valence-corrected chi connectivity index (χ1v) is 4.38. The van der Waals surface area contributed by atoms with Crippen molar-refractivity contribution >= 4 is 5.97 Å². The highest BCUT2D eigenvalue weighted by Crippen LogP contribution is 2.23. The van der Waals surface area contributed by atoms with Gasteiger partial charge in [0.25, 0.3) is 5.97 Å². The van der Waals surface area contributed by atoms with Crippen molar-refractivity contribution in [3.8, 4) is 0 Å². The van der Waals surface area contributed by atoms with E-state index in [0.717, 1.165) is 20.0 Å². The Bertz CT molecular complexity index is 161. The van der Waals surface area contributed by atoms with Crippen LogP contribution in [0.5, 0.6) is 0 Å². The fraction of sp³-hybridized carbons (Fsp3) is 0.889. The van der Waals surface area contributed by atoms with Crippen LogP contribution in [0, 0.1) is 0 Å². The summed E-state index contributed by atoms with van der Waals surface area (Å²) in [6, 6.07) is 0. The maximum atomic E-state index is 9.00. The summed E-state index contributed by atoms with van der Waals surface area (Å²) in [6.07, 6.45) is 1.36. The van der Waals surface area contributed by atoms with Crippen LogP contribution in [-0.2, 0) is 14.3 Å². The average Bonchev–Trinajstić information content (AvgIpc) is 2.28. The lowest BCUT2D eigenvalue weighted by molar-refractivity contribution is -0.138. The molecule has 1 N–H and O–H groups in total. The van der Waals surface area contributed by atoms with Crippen LogP contribution in [0.1, 0.15) is 34.1 Å². The van der Waals surface area contributed by atoms with Crippen LogP contribution in [0.4, 0.5) is 0 Å². The molecule has 0 bridgehead atoms. The van der Waals surface area contributed by atoms with Gasteiger partial charge in [-0.05, 0) is 20.3 Å². The first-order valence-electron chi connectivity index (χ1n) is 4.38. The van der Waals surface area contributed by atoms with Crippen LogP contribution in [-0.4, -0.2) is 29.6 Å². The molecule has 1 atom stereocenters. The second-order valence-corrected chi connectivity index (χ2v) is 3.38. The zero-order valence-electron chi connectivity index (χ0n) is 8.66. The summed E-state index contributed by atoms with van der Waals surface area (Å²) in [7, 11) is 0. The van der Waals surface area contributed by atoms with Gasteiger partial charge in [0.1, 0.15) is 0 Å². The highest BCUT2D eigenvalue weighted by molar-refractivity contribution is 5.62. The summed E-state index contributed by atoms with van der Waals surface area (Å²) in [5.74, 6) is -1.17. The summed E-state index contributed by atoms with van der Waals surface area (Å²) in [5, 5.41) is 7.42. The largest absolute Gasteiger partial charge is 0.481 e. The first kappa shape index (κ1) is 12.4. The van der Waals surface area contributed by atoms with Gasteiger partial charge in [-0.2, -0.15) is 0 Å². The van der Waals surface area contributed by atoms with Gasteiger partial charge in [0.05, 0.1) is 12.7 Å². The van der Waals surface area contributed by atoms with E-state index in [1.807, 2.05) is 13.8 Å². The highest BCUT2D eigenvalue weighted by atomic mass is 16.7. The van der Waals surface area contributed by atoms with Crippen molar-refractivity contribution in [2.24, 2.45) is 0 Å². The lowest BCUT2D eigenvalue weighted by atomic mass is 10.3. The van der Waals surface area contributed by atoms with E-state index in [1.54, 1.807) is 0 Å². The summed E-state index contributed by atoms with van der Waals surface area (Å²) in [5.41, 5.74) is 0. The molecule has 4 nitrogen and oxygen atoms in total. The molecular weight excluding hydrogens is 172 g/mol. The van der Waals surface area contributed by atoms with E-state index in [1.165, 1.54) is 0 Å². The van der Waals surface area contributed by atoms with Gasteiger partial charge in [-0.3, -0.25) is 4.79 Å². The van der Waals surface area contributed by atoms with E-state index in [0.29, 0.717) is 6.10 Å². The van der Waals surface area contributed by atoms with Crippen LogP contribution < -0.4 is 0 Å². The molecule has 1 saturated heterocycles. The Kier molecular flexibility index (Phi) is 4.95. The van der Waals surface area contributed by atoms with Gasteiger partial charge in [0.2, 0.25) is 0 Å². The number of carboxylic acids is 1. The van der Waals surface area contributed by atoms with Crippen LogP contribution in [0.25, 0.3) is 0 Å². The van der Waals surface area contributed by atoms with E-state index in [2.05, 4.69) is 6.92 Å². The number of rotatable bonds is 1. The number of hydrogen-bond donors (Lipinski definition) is 1. The molecule has 1 fully saturated rings. The van der Waals surface area contributed by atoms with Crippen LogP contribution in [0.15, 0.2) is 0 Å². The minimum Gasteiger partial charge on any atom is -0.481 e. The Hall–Kier alpha value is -0.610. The second-order valence-electron chi connectivity index (χ2n) is 3.38. The molecular formula is C9H18O4. The van der Waals surface area contributed by atoms with Gasteiger partial charge in [-0.1, -0.05) is 6.92 Å². The lowest BCUT2D eigenvalue weighted by Crippen LogP contribution is -2.21. The fourth-order valence-corrected chi connectivity index (χ4v) is 0.964. The van der Waals surface area contributed by atoms with Crippen LogP contribution in [0.3, 0.4) is 0 Å². The molecule has 0 aromatic heterocycles. The molecule has 78 valence electrons. The first-order chi connectivity index (χ1) is 5.87. The number of carboxylic acid groups (broad SMARTS) is 1. The summed E-state index contributed by atoms with van der Waals surface area (Å²) < 4.78 is 10.8. The molecule has 1 aliphatic heterocycles. The normalized spacial score (nSPS) is 24.8. The number of hydrogen-bond acceptors (Lipinski definition) is 3. The third kappa shape index (κ3) is 6.54. The van der Waals surface area contributed by atoms with Crippen molar-refractivity contribution in [2.75, 3.05) is 6.61 Å². The highest BCUT2D eigenvalue weighted by Gasteiger charge is 2.31. The van der Waals surface area contributed by atoms with Crippen molar-refractivity contribution in [1.82, 2.24) is 0 Å². The summed E-state index contributed by atoms with van der Waals surface area (Å²) >= 11 is 0. The predicted octanol–water partition coefficient (Wildman–Crippen LogP) is 1.64. The predicted molar refractivity (Wildman–Crippen MR) is 48.5 cm³/mol. The number of aliphatic carboxylic acids is 1. The maximum absolute atomic E-state index is 9.00. The molecule has 0 aromatic rings. The zero-order chi connectivity index (χ0) is 10.5. The van der Waals surface area contributed by atoms with E-state index < -0.39 is 5.97 Å². The third-order valence-corrected chi connectivity index (χ3v) is 1.52. The maximum Gasteiger partial charge on any atom is 0.300 e. The number of carbonyl (C=O) groups is 1. The quantitative estimate of drug-likeness (QED) is 0.683. The van der Waals surface area contributed by atoms with Gasteiger partial charge in [0, 0.05) is 6.92 Å². The summed E-state index contributed by atoms with van der Waals surface area (Å²) in [6.45, 7) is 7.84. The molecule has 0 saturated carbocycles. The molecule has 1 aliphatic rings. The van der Waals surface area contributed by atoms with Crippen LogP contribution >= 0.6 is 0 Å². The van der Waals surface area contributed by atoms with Gasteiger partial charge < -0.3 is 14.6 Å². The van der Waals surface area contributed by atoms with Crippen molar-refractivity contribution in [2.45, 2.75) is 46.0 Å². The minimum atomic E-state index is -0.833. The monoisotopic (exact) mass is 190 g/mol. The van der Waals surface area contributed by atoms with E-state index >= 15 is 0 Å². The SMILES string of the molecule is CC(=O)O.CCC1COC(C)(C)O1. The Balaban J connectivity index is 0.000000310.